The summed E-state index contributed by atoms with van der Waals surface area (Å²) in [6.45, 7) is 2.58. The highest BCUT2D eigenvalue weighted by molar-refractivity contribution is 6.04. The lowest BCUT2D eigenvalue weighted by atomic mass is 10.2. The Morgan fingerprint density at radius 3 is 2.41 bits per heavy atom. The van der Waals surface area contributed by atoms with Gasteiger partial charge in [0.05, 0.1) is 0 Å². The topological polar surface area (TPSA) is 33.2 Å². The van der Waals surface area contributed by atoms with Gasteiger partial charge >= 0.3 is 0 Å². The van der Waals surface area contributed by atoms with Gasteiger partial charge in [-0.05, 0) is 31.2 Å². The van der Waals surface area contributed by atoms with Gasteiger partial charge in [-0.25, -0.2) is 0 Å². The summed E-state index contributed by atoms with van der Waals surface area (Å²) in [5, 5.41) is 0. The Morgan fingerprint density at radius 1 is 1.12 bits per heavy atom. The average Bonchev–Trinajstić information content (AvgIpc) is 2.42. The van der Waals surface area contributed by atoms with Crippen LogP contribution in [0, 0.1) is 0 Å². The molecule has 3 heteroatoms. The van der Waals surface area contributed by atoms with E-state index in [0.717, 1.165) is 5.69 Å². The first-order valence-corrected chi connectivity index (χ1v) is 5.61. The molecule has 0 N–H and O–H groups in total. The zero-order chi connectivity index (χ0) is 12.1. The molecule has 0 atom stereocenters. The normalized spacial score (nSPS) is 9.94. The van der Waals surface area contributed by atoms with E-state index in [1.807, 2.05) is 43.3 Å². The standard InChI is InChI=1S/C14H14N2O/c1-2-16(12-8-4-3-5-9-12)14(17)13-10-6-7-11-15-13/h3-11H,2H2,1H3. The first-order chi connectivity index (χ1) is 8.33. The van der Waals surface area contributed by atoms with Crippen molar-refractivity contribution in [1.82, 2.24) is 4.98 Å². The number of nitrogens with zero attached hydrogens (tertiary/aromatic N) is 2. The number of carbonyl (C=O) groups is 1. The van der Waals surface area contributed by atoms with E-state index in [1.165, 1.54) is 0 Å². The van der Waals surface area contributed by atoms with Gasteiger partial charge in [0.1, 0.15) is 5.69 Å². The lowest BCUT2D eigenvalue weighted by molar-refractivity contribution is 0.0983. The van der Waals surface area contributed by atoms with E-state index < -0.39 is 0 Å². The molecule has 0 aliphatic rings. The van der Waals surface area contributed by atoms with Gasteiger partial charge in [-0.15, -0.1) is 0 Å². The van der Waals surface area contributed by atoms with Gasteiger partial charge in [0.15, 0.2) is 0 Å². The SMILES string of the molecule is CCN(C(=O)c1ccccn1)c1ccccc1. The third-order valence-electron chi connectivity index (χ3n) is 2.51. The van der Waals surface area contributed by atoms with Crippen LogP contribution >= 0.6 is 0 Å². The van der Waals surface area contributed by atoms with Gasteiger partial charge in [-0.1, -0.05) is 24.3 Å². The van der Waals surface area contributed by atoms with Crippen molar-refractivity contribution in [2.24, 2.45) is 0 Å². The van der Waals surface area contributed by atoms with Gasteiger partial charge in [-0.3, -0.25) is 9.78 Å². The fourth-order valence-corrected chi connectivity index (χ4v) is 1.68. The van der Waals surface area contributed by atoms with E-state index >= 15 is 0 Å². The van der Waals surface area contributed by atoms with Crippen LogP contribution in [-0.2, 0) is 0 Å². The molecular formula is C14H14N2O. The van der Waals surface area contributed by atoms with Crippen molar-refractivity contribution >= 4 is 11.6 Å². The number of para-hydroxylation sites is 1. The molecule has 0 spiro atoms. The summed E-state index contributed by atoms with van der Waals surface area (Å²) < 4.78 is 0. The summed E-state index contributed by atoms with van der Waals surface area (Å²) in [7, 11) is 0. The first kappa shape index (κ1) is 11.3. The Hall–Kier alpha value is -2.16. The lowest BCUT2D eigenvalue weighted by Crippen LogP contribution is -2.31. The van der Waals surface area contributed by atoms with Crippen molar-refractivity contribution in [3.8, 4) is 0 Å². The average molecular weight is 226 g/mol. The minimum absolute atomic E-state index is 0.0701. The highest BCUT2D eigenvalue weighted by atomic mass is 16.2. The van der Waals surface area contributed by atoms with Gasteiger partial charge in [-0.2, -0.15) is 0 Å². The van der Waals surface area contributed by atoms with Crippen LogP contribution in [0.3, 0.4) is 0 Å². The number of anilines is 1. The maximum atomic E-state index is 12.2. The second-order valence-corrected chi connectivity index (χ2v) is 3.60. The highest BCUT2D eigenvalue weighted by Gasteiger charge is 2.16. The smallest absolute Gasteiger partial charge is 0.276 e. The van der Waals surface area contributed by atoms with Crippen LogP contribution in [0.25, 0.3) is 0 Å². The van der Waals surface area contributed by atoms with Crippen LogP contribution in [0.2, 0.25) is 0 Å². The molecule has 1 aromatic heterocycles. The molecule has 17 heavy (non-hydrogen) atoms. The quantitative estimate of drug-likeness (QED) is 0.806. The number of rotatable bonds is 3. The molecule has 0 bridgehead atoms. The summed E-state index contributed by atoms with van der Waals surface area (Å²) in [6, 6.07) is 15.0. The molecule has 0 aliphatic carbocycles. The second kappa shape index (κ2) is 5.25. The number of benzene rings is 1. The van der Waals surface area contributed by atoms with E-state index in [0.29, 0.717) is 12.2 Å². The predicted molar refractivity (Wildman–Crippen MR) is 68.0 cm³/mol. The summed E-state index contributed by atoms with van der Waals surface area (Å²) >= 11 is 0. The van der Waals surface area contributed by atoms with Crippen molar-refractivity contribution in [3.63, 3.8) is 0 Å². The fourth-order valence-electron chi connectivity index (χ4n) is 1.68. The molecule has 0 radical (unpaired) electrons. The number of hydrogen-bond donors (Lipinski definition) is 0. The highest BCUT2D eigenvalue weighted by Crippen LogP contribution is 2.15. The van der Waals surface area contributed by atoms with E-state index in [9.17, 15) is 4.79 Å². The molecule has 0 saturated carbocycles. The van der Waals surface area contributed by atoms with Crippen LogP contribution in [0.5, 0.6) is 0 Å². The number of aromatic nitrogens is 1. The Balaban J connectivity index is 2.29. The van der Waals surface area contributed by atoms with Gasteiger partial charge < -0.3 is 4.90 Å². The van der Waals surface area contributed by atoms with Crippen LogP contribution in [-0.4, -0.2) is 17.4 Å². The molecule has 0 unspecified atom stereocenters. The molecule has 3 nitrogen and oxygen atoms in total. The fraction of sp³-hybridized carbons (Fsp3) is 0.143. The zero-order valence-electron chi connectivity index (χ0n) is 9.71. The molecule has 1 aromatic carbocycles. The minimum atomic E-state index is -0.0701. The summed E-state index contributed by atoms with van der Waals surface area (Å²) in [4.78, 5) is 18.0. The molecular weight excluding hydrogens is 212 g/mol. The summed E-state index contributed by atoms with van der Waals surface area (Å²) in [5.41, 5.74) is 1.36. The van der Waals surface area contributed by atoms with Crippen molar-refractivity contribution in [1.29, 1.82) is 0 Å². The van der Waals surface area contributed by atoms with Crippen molar-refractivity contribution in [2.45, 2.75) is 6.92 Å². The second-order valence-electron chi connectivity index (χ2n) is 3.60. The van der Waals surface area contributed by atoms with Gasteiger partial charge in [0.2, 0.25) is 0 Å². The molecule has 0 aliphatic heterocycles. The van der Waals surface area contributed by atoms with E-state index in [4.69, 9.17) is 0 Å². The van der Waals surface area contributed by atoms with Gasteiger partial charge in [0.25, 0.3) is 5.91 Å². The van der Waals surface area contributed by atoms with Crippen LogP contribution in [0.1, 0.15) is 17.4 Å². The third-order valence-corrected chi connectivity index (χ3v) is 2.51. The first-order valence-electron chi connectivity index (χ1n) is 5.61. The largest absolute Gasteiger partial charge is 0.307 e. The minimum Gasteiger partial charge on any atom is -0.307 e. The Labute approximate surface area is 101 Å². The maximum absolute atomic E-state index is 12.2. The summed E-state index contributed by atoms with van der Waals surface area (Å²) in [5.74, 6) is -0.0701. The van der Waals surface area contributed by atoms with E-state index in [2.05, 4.69) is 4.98 Å². The molecule has 2 rings (SSSR count). The number of pyridine rings is 1. The van der Waals surface area contributed by atoms with E-state index in [1.54, 1.807) is 23.2 Å². The maximum Gasteiger partial charge on any atom is 0.276 e. The molecule has 2 aromatic rings. The molecule has 1 amide bonds. The van der Waals surface area contributed by atoms with E-state index in [-0.39, 0.29) is 5.91 Å². The third kappa shape index (κ3) is 2.50. The number of carbonyl (C=O) groups excluding carboxylic acids is 1. The number of hydrogen-bond acceptors (Lipinski definition) is 2. The molecule has 0 fully saturated rings. The van der Waals surface area contributed by atoms with Gasteiger partial charge in [0, 0.05) is 18.4 Å². The Morgan fingerprint density at radius 2 is 1.82 bits per heavy atom. The van der Waals surface area contributed by atoms with Crippen LogP contribution in [0.15, 0.2) is 54.7 Å². The van der Waals surface area contributed by atoms with Crippen molar-refractivity contribution in [2.75, 3.05) is 11.4 Å². The molecule has 0 saturated heterocycles. The molecule has 1 heterocycles. The lowest BCUT2D eigenvalue weighted by Gasteiger charge is -2.20. The number of amides is 1. The Kier molecular flexibility index (Phi) is 3.50. The summed E-state index contributed by atoms with van der Waals surface area (Å²) in [6.07, 6.45) is 1.63. The Bertz CT molecular complexity index is 482. The molecule has 86 valence electrons. The zero-order valence-corrected chi connectivity index (χ0v) is 9.71. The van der Waals surface area contributed by atoms with Crippen LogP contribution < -0.4 is 4.90 Å². The van der Waals surface area contributed by atoms with Crippen molar-refractivity contribution < 1.29 is 4.79 Å². The predicted octanol–water partition coefficient (Wildman–Crippen LogP) is 2.75. The van der Waals surface area contributed by atoms with Crippen molar-refractivity contribution in [3.05, 3.63) is 60.4 Å². The van der Waals surface area contributed by atoms with Crippen LogP contribution in [0.4, 0.5) is 5.69 Å². The monoisotopic (exact) mass is 226 g/mol.